The third-order valence-corrected chi connectivity index (χ3v) is 6.74. The van der Waals surface area contributed by atoms with Crippen LogP contribution in [0.15, 0.2) is 41.8 Å². The average molecular weight is 466 g/mol. The summed E-state index contributed by atoms with van der Waals surface area (Å²) in [5.41, 5.74) is 4.60. The topological polar surface area (TPSA) is 70.5 Å². The smallest absolute Gasteiger partial charge is 0.255 e. The molecule has 3 aromatic rings. The van der Waals surface area contributed by atoms with Crippen LogP contribution in [-0.2, 0) is 11.3 Å². The SMILES string of the molecule is CC(=O)N1CCN(C(=O)c2cc(-c3csc(NC(C)C)n3)n(Cc3ccccc3)c2C)CC1. The molecular formula is C25H31N5O2S. The molecule has 4 rings (SSSR count). The molecule has 2 aromatic heterocycles. The molecule has 0 saturated carbocycles. The number of benzene rings is 1. The number of piperazine rings is 1. The van der Waals surface area contributed by atoms with Gasteiger partial charge in [-0.25, -0.2) is 4.98 Å². The Labute approximate surface area is 199 Å². The maximum absolute atomic E-state index is 13.5. The highest BCUT2D eigenvalue weighted by Gasteiger charge is 2.27. The molecule has 0 atom stereocenters. The second-order valence-electron chi connectivity index (χ2n) is 8.74. The molecule has 1 aliphatic heterocycles. The minimum atomic E-state index is 0.0134. The fourth-order valence-electron chi connectivity index (χ4n) is 4.14. The molecule has 0 aliphatic carbocycles. The van der Waals surface area contributed by atoms with Gasteiger partial charge in [0.25, 0.3) is 5.91 Å². The summed E-state index contributed by atoms with van der Waals surface area (Å²) in [6.07, 6.45) is 0. The molecule has 0 bridgehead atoms. The van der Waals surface area contributed by atoms with E-state index in [-0.39, 0.29) is 11.8 Å². The van der Waals surface area contributed by atoms with Crippen molar-refractivity contribution in [2.24, 2.45) is 0 Å². The van der Waals surface area contributed by atoms with Crippen LogP contribution in [0.25, 0.3) is 11.4 Å². The zero-order chi connectivity index (χ0) is 23.5. The summed E-state index contributed by atoms with van der Waals surface area (Å²) in [6, 6.07) is 12.5. The lowest BCUT2D eigenvalue weighted by Crippen LogP contribution is -2.50. The van der Waals surface area contributed by atoms with Crippen molar-refractivity contribution in [1.82, 2.24) is 19.4 Å². The summed E-state index contributed by atoms with van der Waals surface area (Å²) in [7, 11) is 0. The van der Waals surface area contributed by atoms with E-state index in [4.69, 9.17) is 4.98 Å². The first-order valence-electron chi connectivity index (χ1n) is 11.3. The first-order valence-corrected chi connectivity index (χ1v) is 12.2. The number of aromatic nitrogens is 2. The second kappa shape index (κ2) is 9.79. The minimum absolute atomic E-state index is 0.0134. The number of nitrogens with one attached hydrogen (secondary N) is 1. The van der Waals surface area contributed by atoms with Gasteiger partial charge in [0.15, 0.2) is 5.13 Å². The van der Waals surface area contributed by atoms with Gasteiger partial charge in [-0.1, -0.05) is 30.3 Å². The van der Waals surface area contributed by atoms with Gasteiger partial charge in [-0.15, -0.1) is 11.3 Å². The Kier molecular flexibility index (Phi) is 6.83. The van der Waals surface area contributed by atoms with Crippen LogP contribution in [0.5, 0.6) is 0 Å². The van der Waals surface area contributed by atoms with Gasteiger partial charge in [0.05, 0.1) is 17.0 Å². The van der Waals surface area contributed by atoms with Crippen molar-refractivity contribution < 1.29 is 9.59 Å². The number of carbonyl (C=O) groups is 2. The van der Waals surface area contributed by atoms with Gasteiger partial charge >= 0.3 is 0 Å². The summed E-state index contributed by atoms with van der Waals surface area (Å²) in [5.74, 6) is 0.0726. The number of amides is 2. The van der Waals surface area contributed by atoms with Gasteiger partial charge in [-0.05, 0) is 32.4 Å². The number of rotatable bonds is 6. The van der Waals surface area contributed by atoms with E-state index in [1.54, 1.807) is 23.2 Å². The second-order valence-corrected chi connectivity index (χ2v) is 9.59. The number of carbonyl (C=O) groups excluding carboxylic acids is 2. The number of nitrogens with zero attached hydrogens (tertiary/aromatic N) is 4. The maximum atomic E-state index is 13.5. The molecule has 2 amide bonds. The van der Waals surface area contributed by atoms with Crippen LogP contribution in [0.4, 0.5) is 5.13 Å². The quantitative estimate of drug-likeness (QED) is 0.595. The molecule has 0 radical (unpaired) electrons. The standard InChI is InChI=1S/C25H31N5O2S/c1-17(2)26-25-27-22(16-33-25)23-14-21(18(3)30(23)15-20-8-6-5-7-9-20)24(32)29-12-10-28(11-13-29)19(4)31/h5-9,14,16-17H,10-13,15H2,1-4H3,(H,26,27). The van der Waals surface area contributed by atoms with Crippen molar-refractivity contribution in [3.8, 4) is 11.4 Å². The van der Waals surface area contributed by atoms with Crippen LogP contribution in [0, 0.1) is 6.92 Å². The van der Waals surface area contributed by atoms with E-state index in [2.05, 4.69) is 35.9 Å². The van der Waals surface area contributed by atoms with Crippen molar-refractivity contribution in [2.75, 3.05) is 31.5 Å². The predicted octanol–water partition coefficient (Wildman–Crippen LogP) is 4.09. The Hall–Kier alpha value is -3.13. The Morgan fingerprint density at radius 3 is 2.39 bits per heavy atom. The average Bonchev–Trinajstić information content (AvgIpc) is 3.38. The molecule has 33 heavy (non-hydrogen) atoms. The number of anilines is 1. The van der Waals surface area contributed by atoms with Crippen LogP contribution in [0.3, 0.4) is 0 Å². The van der Waals surface area contributed by atoms with Crippen LogP contribution in [0.2, 0.25) is 0 Å². The van der Waals surface area contributed by atoms with Crippen LogP contribution < -0.4 is 5.32 Å². The molecule has 0 spiro atoms. The molecule has 8 heteroatoms. The first-order chi connectivity index (χ1) is 15.8. The fourth-order valence-corrected chi connectivity index (χ4v) is 4.99. The lowest BCUT2D eigenvalue weighted by Gasteiger charge is -2.34. The highest BCUT2D eigenvalue weighted by atomic mass is 32.1. The Morgan fingerprint density at radius 1 is 1.09 bits per heavy atom. The highest BCUT2D eigenvalue weighted by molar-refractivity contribution is 7.14. The van der Waals surface area contributed by atoms with Crippen molar-refractivity contribution in [1.29, 1.82) is 0 Å². The fraction of sp³-hybridized carbons (Fsp3) is 0.400. The lowest BCUT2D eigenvalue weighted by molar-refractivity contribution is -0.130. The van der Waals surface area contributed by atoms with Crippen LogP contribution in [-0.4, -0.2) is 63.4 Å². The molecular weight excluding hydrogens is 434 g/mol. The van der Waals surface area contributed by atoms with Gasteiger partial charge in [0.2, 0.25) is 5.91 Å². The van der Waals surface area contributed by atoms with Crippen molar-refractivity contribution >= 4 is 28.3 Å². The van der Waals surface area contributed by atoms with Gasteiger partial charge in [-0.3, -0.25) is 9.59 Å². The largest absolute Gasteiger partial charge is 0.359 e. The molecule has 7 nitrogen and oxygen atoms in total. The summed E-state index contributed by atoms with van der Waals surface area (Å²) in [4.78, 5) is 33.6. The maximum Gasteiger partial charge on any atom is 0.255 e. The Morgan fingerprint density at radius 2 is 1.76 bits per heavy atom. The van der Waals surface area contributed by atoms with Crippen LogP contribution >= 0.6 is 11.3 Å². The van der Waals surface area contributed by atoms with E-state index in [0.29, 0.717) is 44.3 Å². The third-order valence-electron chi connectivity index (χ3n) is 5.97. The summed E-state index contributed by atoms with van der Waals surface area (Å²) < 4.78 is 2.18. The zero-order valence-corrected chi connectivity index (χ0v) is 20.5. The third kappa shape index (κ3) is 5.11. The van der Waals surface area contributed by atoms with E-state index in [9.17, 15) is 9.59 Å². The molecule has 1 saturated heterocycles. The predicted molar refractivity (Wildman–Crippen MR) is 133 cm³/mol. The molecule has 1 fully saturated rings. The lowest BCUT2D eigenvalue weighted by atomic mass is 10.2. The van der Waals surface area contributed by atoms with E-state index in [0.717, 1.165) is 22.2 Å². The molecule has 3 heterocycles. The van der Waals surface area contributed by atoms with Gasteiger partial charge in [-0.2, -0.15) is 0 Å². The van der Waals surface area contributed by atoms with Gasteiger partial charge < -0.3 is 19.7 Å². The van der Waals surface area contributed by atoms with Crippen molar-refractivity contribution in [3.05, 3.63) is 58.6 Å². The Bertz CT molecular complexity index is 1130. The van der Waals surface area contributed by atoms with Crippen molar-refractivity contribution in [3.63, 3.8) is 0 Å². The van der Waals surface area contributed by atoms with Gasteiger partial charge in [0.1, 0.15) is 0 Å². The van der Waals surface area contributed by atoms with Gasteiger partial charge in [0, 0.05) is 56.8 Å². The van der Waals surface area contributed by atoms with E-state index < -0.39 is 0 Å². The van der Waals surface area contributed by atoms with Crippen molar-refractivity contribution in [2.45, 2.75) is 40.3 Å². The molecule has 1 N–H and O–H groups in total. The minimum Gasteiger partial charge on any atom is -0.359 e. The zero-order valence-electron chi connectivity index (χ0n) is 19.7. The summed E-state index contributed by atoms with van der Waals surface area (Å²) in [6.45, 7) is 10.7. The number of thiazole rings is 1. The molecule has 0 unspecified atom stereocenters. The number of hydrogen-bond acceptors (Lipinski definition) is 5. The highest BCUT2D eigenvalue weighted by Crippen LogP contribution is 2.31. The molecule has 1 aromatic carbocycles. The number of hydrogen-bond donors (Lipinski definition) is 1. The van der Waals surface area contributed by atoms with Crippen LogP contribution in [0.1, 0.15) is 42.4 Å². The molecule has 174 valence electrons. The normalized spacial score (nSPS) is 14.1. The monoisotopic (exact) mass is 465 g/mol. The first kappa shape index (κ1) is 23.0. The summed E-state index contributed by atoms with van der Waals surface area (Å²) in [5, 5.41) is 6.28. The van der Waals surface area contributed by atoms with E-state index in [1.165, 1.54) is 5.56 Å². The summed E-state index contributed by atoms with van der Waals surface area (Å²) >= 11 is 1.57. The molecule has 1 aliphatic rings. The van der Waals surface area contributed by atoms with E-state index >= 15 is 0 Å². The Balaban J connectivity index is 1.67. The van der Waals surface area contributed by atoms with E-state index in [1.807, 2.05) is 41.5 Å².